The van der Waals surface area contributed by atoms with Crippen LogP contribution in [0.15, 0.2) is 0 Å². The Bertz CT molecular complexity index is 710. The Morgan fingerprint density at radius 1 is 0.333 bits per heavy atom. The summed E-state index contributed by atoms with van der Waals surface area (Å²) in [4.78, 5) is 0. The maximum atomic E-state index is 8.12. The van der Waals surface area contributed by atoms with E-state index in [1.165, 1.54) is 51.4 Å². The van der Waals surface area contributed by atoms with Crippen molar-refractivity contribution in [3.63, 3.8) is 0 Å². The molecule has 208 valence electrons. The van der Waals surface area contributed by atoms with Gasteiger partial charge in [0, 0.05) is 42.3 Å². The first-order chi connectivity index (χ1) is 16.2. The largest absolute Gasteiger partial charge is 0.414 e. The summed E-state index contributed by atoms with van der Waals surface area (Å²) in [6.07, 6.45) is 10.1. The Hall–Kier alpha value is 0.708. The molecule has 0 aromatic carbocycles. The van der Waals surface area contributed by atoms with Gasteiger partial charge in [-0.15, -0.1) is 0 Å². The lowest BCUT2D eigenvalue weighted by molar-refractivity contribution is 0.155. The SMILES string of the molecule is CC(C)(C)[Si]1(C2CC2)O[Si](C2CC2)(C(C)(C)C)O[Si](C2CC2)(C(C)(C)C)O[Si](C2CC2)(C(C)(C)C)O1. The lowest BCUT2D eigenvalue weighted by Gasteiger charge is -2.63. The van der Waals surface area contributed by atoms with Crippen molar-refractivity contribution >= 4 is 34.2 Å². The minimum atomic E-state index is -2.71. The van der Waals surface area contributed by atoms with Crippen molar-refractivity contribution in [2.24, 2.45) is 0 Å². The molecule has 0 unspecified atom stereocenters. The summed E-state index contributed by atoms with van der Waals surface area (Å²) < 4.78 is 32.5. The highest BCUT2D eigenvalue weighted by molar-refractivity contribution is 6.99. The Labute approximate surface area is 227 Å². The Balaban J connectivity index is 1.80. The van der Waals surface area contributed by atoms with Gasteiger partial charge in [0.1, 0.15) is 0 Å². The van der Waals surface area contributed by atoms with Crippen molar-refractivity contribution in [3.8, 4) is 0 Å². The number of rotatable bonds is 4. The highest BCUT2D eigenvalue weighted by atomic mass is 28.5. The molecule has 1 aliphatic heterocycles. The van der Waals surface area contributed by atoms with Crippen LogP contribution in [0.25, 0.3) is 0 Å². The first-order valence-electron chi connectivity index (χ1n) is 15.1. The summed E-state index contributed by atoms with van der Waals surface area (Å²) in [6.45, 7) is 29.1. The van der Waals surface area contributed by atoms with E-state index in [1.807, 2.05) is 0 Å². The second-order valence-corrected chi connectivity index (χ2v) is 35.0. The van der Waals surface area contributed by atoms with Crippen molar-refractivity contribution in [1.29, 1.82) is 0 Å². The predicted octanol–water partition coefficient (Wildman–Crippen LogP) is 9.69. The molecule has 4 aliphatic carbocycles. The van der Waals surface area contributed by atoms with Gasteiger partial charge in [0.25, 0.3) is 0 Å². The Morgan fingerprint density at radius 3 is 0.556 bits per heavy atom. The summed E-state index contributed by atoms with van der Waals surface area (Å²) in [6, 6.07) is 0. The molecule has 8 heteroatoms. The first kappa shape index (κ1) is 28.2. The summed E-state index contributed by atoms with van der Waals surface area (Å²) in [5, 5.41) is -0.0534. The van der Waals surface area contributed by atoms with Gasteiger partial charge in [-0.05, 0) is 51.4 Å². The van der Waals surface area contributed by atoms with Crippen LogP contribution in [0.4, 0.5) is 0 Å². The molecule has 5 fully saturated rings. The van der Waals surface area contributed by atoms with Crippen LogP contribution in [-0.4, -0.2) is 34.2 Å². The molecular formula is C28H56O4Si4. The molecule has 0 bridgehead atoms. The second-order valence-electron chi connectivity index (χ2n) is 17.2. The molecule has 36 heavy (non-hydrogen) atoms. The van der Waals surface area contributed by atoms with Gasteiger partial charge in [-0.1, -0.05) is 83.1 Å². The molecule has 0 spiro atoms. The third-order valence-corrected chi connectivity index (χ3v) is 34.5. The highest BCUT2D eigenvalue weighted by Crippen LogP contribution is 2.72. The molecular weight excluding hydrogens is 513 g/mol. The summed E-state index contributed by atoms with van der Waals surface area (Å²) in [7, 11) is -10.8. The molecule has 4 saturated carbocycles. The van der Waals surface area contributed by atoms with E-state index in [-0.39, 0.29) is 20.2 Å². The summed E-state index contributed by atoms with van der Waals surface area (Å²) >= 11 is 0. The zero-order chi connectivity index (χ0) is 26.8. The van der Waals surface area contributed by atoms with Gasteiger partial charge in [-0.3, -0.25) is 0 Å². The fourth-order valence-corrected chi connectivity index (χ4v) is 40.3. The summed E-state index contributed by atoms with van der Waals surface area (Å²) in [5.41, 5.74) is 2.32. The van der Waals surface area contributed by atoms with Crippen LogP contribution < -0.4 is 0 Å². The molecule has 0 radical (unpaired) electrons. The van der Waals surface area contributed by atoms with Crippen LogP contribution in [0.1, 0.15) is 134 Å². The second kappa shape index (κ2) is 8.14. The van der Waals surface area contributed by atoms with E-state index in [0.717, 1.165) is 0 Å². The first-order valence-corrected chi connectivity index (χ1v) is 22.6. The van der Waals surface area contributed by atoms with E-state index in [2.05, 4.69) is 83.1 Å². The van der Waals surface area contributed by atoms with Gasteiger partial charge in [0.15, 0.2) is 0 Å². The van der Waals surface area contributed by atoms with Gasteiger partial charge < -0.3 is 16.5 Å². The fraction of sp³-hybridized carbons (Fsp3) is 1.00. The normalized spacial score (nSPS) is 41.7. The molecule has 0 amide bonds. The molecule has 5 rings (SSSR count). The zero-order valence-corrected chi connectivity index (χ0v) is 29.6. The molecule has 0 atom stereocenters. The quantitative estimate of drug-likeness (QED) is 0.316. The van der Waals surface area contributed by atoms with Gasteiger partial charge in [0.2, 0.25) is 0 Å². The van der Waals surface area contributed by atoms with E-state index >= 15 is 0 Å². The van der Waals surface area contributed by atoms with E-state index in [0.29, 0.717) is 22.2 Å². The van der Waals surface area contributed by atoms with E-state index < -0.39 is 34.2 Å². The minimum absolute atomic E-state index is 0.0134. The smallest absolute Gasteiger partial charge is 0.329 e. The van der Waals surface area contributed by atoms with E-state index in [9.17, 15) is 0 Å². The number of hydrogen-bond donors (Lipinski definition) is 0. The monoisotopic (exact) mass is 568 g/mol. The lowest BCUT2D eigenvalue weighted by atomic mass is 10.2. The van der Waals surface area contributed by atoms with Crippen LogP contribution in [-0.2, 0) is 16.5 Å². The van der Waals surface area contributed by atoms with Crippen LogP contribution in [0.3, 0.4) is 0 Å². The van der Waals surface area contributed by atoms with Crippen molar-refractivity contribution in [2.45, 2.75) is 177 Å². The maximum Gasteiger partial charge on any atom is 0.329 e. The third kappa shape index (κ3) is 4.22. The average Bonchev–Trinajstić information content (AvgIpc) is 3.47. The molecule has 4 nitrogen and oxygen atoms in total. The lowest BCUT2D eigenvalue weighted by Crippen LogP contribution is -2.77. The third-order valence-electron chi connectivity index (χ3n) is 9.85. The average molecular weight is 569 g/mol. The molecule has 5 aliphatic rings. The zero-order valence-electron chi connectivity index (χ0n) is 25.6. The van der Waals surface area contributed by atoms with Gasteiger partial charge >= 0.3 is 34.2 Å². The van der Waals surface area contributed by atoms with E-state index in [4.69, 9.17) is 16.5 Å². The highest BCUT2D eigenvalue weighted by Gasteiger charge is 2.79. The Morgan fingerprint density at radius 2 is 0.472 bits per heavy atom. The topological polar surface area (TPSA) is 36.9 Å². The van der Waals surface area contributed by atoms with Gasteiger partial charge in [0.05, 0.1) is 0 Å². The molecule has 1 saturated heterocycles. The summed E-state index contributed by atoms with van der Waals surface area (Å²) in [5.74, 6) is 0. The molecule has 0 aromatic rings. The molecule has 0 aromatic heterocycles. The van der Waals surface area contributed by atoms with Gasteiger partial charge in [-0.2, -0.15) is 0 Å². The van der Waals surface area contributed by atoms with Crippen molar-refractivity contribution < 1.29 is 16.5 Å². The van der Waals surface area contributed by atoms with Crippen molar-refractivity contribution in [3.05, 3.63) is 0 Å². The Kier molecular flexibility index (Phi) is 6.38. The van der Waals surface area contributed by atoms with Gasteiger partial charge in [-0.25, -0.2) is 0 Å². The maximum absolute atomic E-state index is 8.12. The fourth-order valence-electron chi connectivity index (χ4n) is 7.18. The van der Waals surface area contributed by atoms with Crippen LogP contribution >= 0.6 is 0 Å². The van der Waals surface area contributed by atoms with E-state index in [1.54, 1.807) is 0 Å². The number of hydrogen-bond acceptors (Lipinski definition) is 4. The van der Waals surface area contributed by atoms with Crippen molar-refractivity contribution in [1.82, 2.24) is 0 Å². The molecule has 1 heterocycles. The van der Waals surface area contributed by atoms with Crippen LogP contribution in [0, 0.1) is 0 Å². The van der Waals surface area contributed by atoms with Crippen molar-refractivity contribution in [2.75, 3.05) is 0 Å². The van der Waals surface area contributed by atoms with Crippen LogP contribution in [0.5, 0.6) is 0 Å². The minimum Gasteiger partial charge on any atom is -0.414 e. The molecule has 0 N–H and O–H groups in total. The standard InChI is InChI=1S/C28H56O4Si4/c1-25(2,3)33(21-13-14-21)29-34(22-15-16-22,26(4,5)6)31-36(24-19-20-24,28(10,11)12)32-35(30-33,23-17-18-23)27(7,8)9/h21-24H,13-20H2,1-12H3. The van der Waals surface area contributed by atoms with Crippen LogP contribution in [0.2, 0.25) is 42.3 Å². The predicted molar refractivity (Wildman–Crippen MR) is 158 cm³/mol.